The van der Waals surface area contributed by atoms with E-state index in [1.807, 2.05) is 4.90 Å². The van der Waals surface area contributed by atoms with E-state index in [1.165, 1.54) is 4.68 Å². The first-order chi connectivity index (χ1) is 13.0. The predicted molar refractivity (Wildman–Crippen MR) is 94.2 cm³/mol. The van der Waals surface area contributed by atoms with Crippen molar-refractivity contribution in [1.82, 2.24) is 20.2 Å². The summed E-state index contributed by atoms with van der Waals surface area (Å²) in [6.07, 6.45) is 0.132. The maximum Gasteiger partial charge on any atom is 0.247 e. The fraction of sp³-hybridized carbons (Fsp3) is 0.556. The monoisotopic (exact) mass is 376 g/mol. The van der Waals surface area contributed by atoms with Crippen molar-refractivity contribution in [2.45, 2.75) is 38.2 Å². The molecule has 9 heteroatoms. The van der Waals surface area contributed by atoms with Crippen LogP contribution < -0.4 is 10.6 Å². The Morgan fingerprint density at radius 3 is 2.78 bits per heavy atom. The van der Waals surface area contributed by atoms with Crippen LogP contribution in [-0.4, -0.2) is 45.6 Å². The number of hydrogen-bond donors (Lipinski definition) is 1. The molecular formula is C18H22F2N6O. The SMILES string of the molecule is NC(=O)[C@]12CCC[C@H]1CN(c1nnnn1CC(c1ccccc1)C(F)F)C2. The molecule has 2 N–H and O–H groups in total. The summed E-state index contributed by atoms with van der Waals surface area (Å²) in [5, 5.41) is 11.7. The molecule has 1 aliphatic carbocycles. The number of carbonyl (C=O) groups is 1. The van der Waals surface area contributed by atoms with Gasteiger partial charge in [0.05, 0.1) is 17.9 Å². The van der Waals surface area contributed by atoms with E-state index < -0.39 is 17.8 Å². The Morgan fingerprint density at radius 2 is 2.11 bits per heavy atom. The van der Waals surface area contributed by atoms with Gasteiger partial charge in [-0.05, 0) is 34.7 Å². The number of halogens is 2. The van der Waals surface area contributed by atoms with Crippen LogP contribution in [-0.2, 0) is 11.3 Å². The summed E-state index contributed by atoms with van der Waals surface area (Å²) in [5.74, 6) is -0.714. The highest BCUT2D eigenvalue weighted by Gasteiger charge is 2.54. The quantitative estimate of drug-likeness (QED) is 0.831. The molecule has 27 heavy (non-hydrogen) atoms. The van der Waals surface area contributed by atoms with Crippen molar-refractivity contribution in [2.75, 3.05) is 18.0 Å². The number of amides is 1. The first-order valence-electron chi connectivity index (χ1n) is 9.15. The topological polar surface area (TPSA) is 89.9 Å². The first-order valence-corrected chi connectivity index (χ1v) is 9.15. The lowest BCUT2D eigenvalue weighted by Crippen LogP contribution is -2.41. The van der Waals surface area contributed by atoms with Gasteiger partial charge in [-0.1, -0.05) is 41.9 Å². The molecule has 2 aromatic rings. The molecule has 1 aromatic carbocycles. The molecule has 0 radical (unpaired) electrons. The molecule has 144 valence electrons. The molecule has 3 atom stereocenters. The standard InChI is InChI=1S/C18H22F2N6O/c19-15(20)14(12-5-2-1-3-6-12)10-26-17(22-23-24-26)25-9-13-7-4-8-18(13,11-25)16(21)27/h1-3,5-6,13-15H,4,7-11H2,(H2,21,27)/t13-,14?,18-/m0/s1. The fourth-order valence-electron chi connectivity index (χ4n) is 4.61. The van der Waals surface area contributed by atoms with Crippen LogP contribution >= 0.6 is 0 Å². The average molecular weight is 376 g/mol. The number of nitrogens with zero attached hydrogens (tertiary/aromatic N) is 5. The summed E-state index contributed by atoms with van der Waals surface area (Å²) in [6, 6.07) is 8.64. The number of hydrogen-bond acceptors (Lipinski definition) is 5. The zero-order chi connectivity index (χ0) is 19.0. The van der Waals surface area contributed by atoms with Gasteiger partial charge >= 0.3 is 0 Å². The normalized spacial score (nSPS) is 25.7. The Kier molecular flexibility index (Phi) is 4.53. The zero-order valence-electron chi connectivity index (χ0n) is 14.8. The number of tetrazole rings is 1. The van der Waals surface area contributed by atoms with Gasteiger partial charge < -0.3 is 10.6 Å². The Hall–Kier alpha value is -2.58. The van der Waals surface area contributed by atoms with Gasteiger partial charge in [-0.3, -0.25) is 4.79 Å². The van der Waals surface area contributed by atoms with Crippen molar-refractivity contribution in [3.8, 4) is 0 Å². The lowest BCUT2D eigenvalue weighted by molar-refractivity contribution is -0.127. The van der Waals surface area contributed by atoms with Crippen molar-refractivity contribution < 1.29 is 13.6 Å². The molecule has 1 aromatic heterocycles. The molecule has 1 unspecified atom stereocenters. The van der Waals surface area contributed by atoms with E-state index in [1.54, 1.807) is 30.3 Å². The van der Waals surface area contributed by atoms with E-state index in [2.05, 4.69) is 15.5 Å². The van der Waals surface area contributed by atoms with E-state index in [-0.39, 0.29) is 18.4 Å². The minimum absolute atomic E-state index is 0.0330. The maximum atomic E-state index is 13.7. The Bertz CT molecular complexity index is 813. The maximum absolute atomic E-state index is 13.7. The molecule has 1 aliphatic heterocycles. The van der Waals surface area contributed by atoms with Crippen LogP contribution in [0.3, 0.4) is 0 Å². The third kappa shape index (κ3) is 3.04. The summed E-state index contributed by atoms with van der Waals surface area (Å²) < 4.78 is 28.8. The van der Waals surface area contributed by atoms with Gasteiger partial charge in [-0.15, -0.1) is 0 Å². The van der Waals surface area contributed by atoms with Crippen molar-refractivity contribution >= 4 is 11.9 Å². The van der Waals surface area contributed by atoms with E-state index in [0.29, 0.717) is 24.6 Å². The zero-order valence-corrected chi connectivity index (χ0v) is 14.8. The highest BCUT2D eigenvalue weighted by atomic mass is 19.3. The number of fused-ring (bicyclic) bond motifs is 1. The van der Waals surface area contributed by atoms with Gasteiger partial charge in [0.25, 0.3) is 0 Å². The number of aromatic nitrogens is 4. The Labute approximate surface area is 155 Å². The Morgan fingerprint density at radius 1 is 1.33 bits per heavy atom. The van der Waals surface area contributed by atoms with Crippen LogP contribution in [0.5, 0.6) is 0 Å². The van der Waals surface area contributed by atoms with Crippen LogP contribution in [0, 0.1) is 11.3 Å². The molecular weight excluding hydrogens is 354 g/mol. The summed E-state index contributed by atoms with van der Waals surface area (Å²) in [7, 11) is 0. The summed E-state index contributed by atoms with van der Waals surface area (Å²) in [6.45, 7) is 1.03. The second kappa shape index (κ2) is 6.86. The van der Waals surface area contributed by atoms with Gasteiger partial charge in [0, 0.05) is 13.1 Å². The largest absolute Gasteiger partial charge is 0.369 e. The van der Waals surface area contributed by atoms with Crippen LogP contribution in [0.2, 0.25) is 0 Å². The van der Waals surface area contributed by atoms with Gasteiger partial charge in [-0.25, -0.2) is 13.5 Å². The van der Waals surface area contributed by atoms with Gasteiger partial charge in [0.15, 0.2) is 0 Å². The van der Waals surface area contributed by atoms with Gasteiger partial charge in [-0.2, -0.15) is 0 Å². The number of anilines is 1. The number of benzene rings is 1. The summed E-state index contributed by atoms with van der Waals surface area (Å²) in [4.78, 5) is 14.0. The fourth-order valence-corrected chi connectivity index (χ4v) is 4.61. The van der Waals surface area contributed by atoms with Crippen molar-refractivity contribution in [3.63, 3.8) is 0 Å². The molecule has 7 nitrogen and oxygen atoms in total. The van der Waals surface area contributed by atoms with Gasteiger partial charge in [0.1, 0.15) is 0 Å². The molecule has 2 fully saturated rings. The van der Waals surface area contributed by atoms with Gasteiger partial charge in [0.2, 0.25) is 18.3 Å². The van der Waals surface area contributed by atoms with Crippen molar-refractivity contribution in [3.05, 3.63) is 35.9 Å². The number of rotatable bonds is 6. The summed E-state index contributed by atoms with van der Waals surface area (Å²) >= 11 is 0. The van der Waals surface area contributed by atoms with Crippen LogP contribution in [0.15, 0.2) is 30.3 Å². The second-order valence-electron chi connectivity index (χ2n) is 7.50. The van der Waals surface area contributed by atoms with Crippen LogP contribution in [0.1, 0.15) is 30.7 Å². The molecule has 2 heterocycles. The number of nitrogens with two attached hydrogens (primary N) is 1. The molecule has 1 amide bonds. The molecule has 2 aliphatic rings. The molecule has 1 saturated carbocycles. The lowest BCUT2D eigenvalue weighted by atomic mass is 9.80. The third-order valence-electron chi connectivity index (χ3n) is 6.06. The van der Waals surface area contributed by atoms with E-state index >= 15 is 0 Å². The van der Waals surface area contributed by atoms with Crippen LogP contribution in [0.25, 0.3) is 0 Å². The smallest absolute Gasteiger partial charge is 0.247 e. The van der Waals surface area contributed by atoms with Crippen molar-refractivity contribution in [1.29, 1.82) is 0 Å². The minimum Gasteiger partial charge on any atom is -0.369 e. The molecule has 4 rings (SSSR count). The highest BCUT2D eigenvalue weighted by molar-refractivity contribution is 5.83. The lowest BCUT2D eigenvalue weighted by Gasteiger charge is -2.25. The third-order valence-corrected chi connectivity index (χ3v) is 6.06. The minimum atomic E-state index is -2.54. The number of primary amides is 1. The average Bonchev–Trinajstić information content (AvgIpc) is 3.33. The summed E-state index contributed by atoms with van der Waals surface area (Å²) in [5.41, 5.74) is 5.69. The predicted octanol–water partition coefficient (Wildman–Crippen LogP) is 1.81. The number of alkyl halides is 2. The van der Waals surface area contributed by atoms with E-state index in [4.69, 9.17) is 5.73 Å². The molecule has 0 bridgehead atoms. The highest BCUT2D eigenvalue weighted by Crippen LogP contribution is 2.49. The van der Waals surface area contributed by atoms with E-state index in [9.17, 15) is 13.6 Å². The molecule has 1 saturated heterocycles. The molecule has 0 spiro atoms. The van der Waals surface area contributed by atoms with Crippen molar-refractivity contribution in [2.24, 2.45) is 17.1 Å². The number of carbonyl (C=O) groups excluding carboxylic acids is 1. The Balaban J connectivity index is 1.58. The second-order valence-corrected chi connectivity index (χ2v) is 7.50. The first kappa shape index (κ1) is 17.8. The van der Waals surface area contributed by atoms with Crippen LogP contribution in [0.4, 0.5) is 14.7 Å². The van der Waals surface area contributed by atoms with E-state index in [0.717, 1.165) is 19.3 Å².